The van der Waals surface area contributed by atoms with E-state index in [1.165, 1.54) is 31.4 Å². The molecule has 0 aliphatic rings. The standard InChI is InChI=1S/C14H21Cl2NS/c1-18-10-5-3-2-4-9-17-11-12-13(15)7-6-8-14(12)16/h6-8,17H,2-5,9-11H2,1H3. The lowest BCUT2D eigenvalue weighted by Crippen LogP contribution is -2.15. The van der Waals surface area contributed by atoms with Gasteiger partial charge in [0.2, 0.25) is 0 Å². The number of rotatable bonds is 9. The minimum atomic E-state index is 0.745. The highest BCUT2D eigenvalue weighted by atomic mass is 35.5. The van der Waals surface area contributed by atoms with Gasteiger partial charge in [0.05, 0.1) is 0 Å². The minimum Gasteiger partial charge on any atom is -0.313 e. The molecule has 0 aliphatic heterocycles. The van der Waals surface area contributed by atoms with Crippen molar-refractivity contribution in [1.29, 1.82) is 0 Å². The molecule has 0 aromatic heterocycles. The SMILES string of the molecule is CSCCCCCCNCc1c(Cl)cccc1Cl. The molecule has 0 atom stereocenters. The Bertz CT molecular complexity index is 324. The van der Waals surface area contributed by atoms with Gasteiger partial charge in [0.15, 0.2) is 0 Å². The van der Waals surface area contributed by atoms with Crippen molar-refractivity contribution in [2.24, 2.45) is 0 Å². The van der Waals surface area contributed by atoms with Gasteiger partial charge in [0, 0.05) is 22.2 Å². The van der Waals surface area contributed by atoms with Crippen LogP contribution in [-0.2, 0) is 6.54 Å². The van der Waals surface area contributed by atoms with Gasteiger partial charge < -0.3 is 5.32 Å². The van der Waals surface area contributed by atoms with Gasteiger partial charge in [-0.25, -0.2) is 0 Å². The molecule has 18 heavy (non-hydrogen) atoms. The van der Waals surface area contributed by atoms with Gasteiger partial charge in [-0.2, -0.15) is 11.8 Å². The van der Waals surface area contributed by atoms with Crippen molar-refractivity contribution in [2.75, 3.05) is 18.6 Å². The molecule has 1 aromatic rings. The molecule has 1 nitrogen and oxygen atoms in total. The van der Waals surface area contributed by atoms with E-state index in [2.05, 4.69) is 11.6 Å². The summed E-state index contributed by atoms with van der Waals surface area (Å²) in [5, 5.41) is 4.89. The van der Waals surface area contributed by atoms with E-state index in [0.29, 0.717) is 0 Å². The number of thioether (sulfide) groups is 1. The average molecular weight is 306 g/mol. The summed E-state index contributed by atoms with van der Waals surface area (Å²) in [5.74, 6) is 1.28. The topological polar surface area (TPSA) is 12.0 Å². The minimum absolute atomic E-state index is 0.745. The Morgan fingerprint density at radius 2 is 1.72 bits per heavy atom. The molecule has 0 bridgehead atoms. The second-order valence-electron chi connectivity index (χ2n) is 4.28. The first kappa shape index (κ1) is 16.2. The molecule has 0 heterocycles. The Balaban J connectivity index is 2.11. The first-order chi connectivity index (χ1) is 8.75. The van der Waals surface area contributed by atoms with Gasteiger partial charge in [-0.3, -0.25) is 0 Å². The lowest BCUT2D eigenvalue weighted by atomic mass is 10.2. The summed E-state index contributed by atoms with van der Waals surface area (Å²) >= 11 is 14.1. The molecule has 1 aromatic carbocycles. The summed E-state index contributed by atoms with van der Waals surface area (Å²) in [6.07, 6.45) is 7.34. The van der Waals surface area contributed by atoms with Crippen LogP contribution >= 0.6 is 35.0 Å². The zero-order valence-corrected chi connectivity index (χ0v) is 13.2. The number of nitrogens with one attached hydrogen (secondary N) is 1. The zero-order chi connectivity index (χ0) is 13.2. The maximum atomic E-state index is 6.10. The predicted molar refractivity (Wildman–Crippen MR) is 85.0 cm³/mol. The highest BCUT2D eigenvalue weighted by molar-refractivity contribution is 7.98. The highest BCUT2D eigenvalue weighted by Gasteiger charge is 2.03. The molecule has 1 N–H and O–H groups in total. The van der Waals surface area contributed by atoms with Crippen molar-refractivity contribution in [1.82, 2.24) is 5.32 Å². The summed E-state index contributed by atoms with van der Waals surface area (Å²) in [5.41, 5.74) is 1.00. The summed E-state index contributed by atoms with van der Waals surface area (Å²) in [4.78, 5) is 0. The quantitative estimate of drug-likeness (QED) is 0.644. The zero-order valence-electron chi connectivity index (χ0n) is 10.8. The molecule has 0 radical (unpaired) electrons. The van der Waals surface area contributed by atoms with Crippen molar-refractivity contribution in [3.8, 4) is 0 Å². The summed E-state index contributed by atoms with van der Waals surface area (Å²) < 4.78 is 0. The smallest absolute Gasteiger partial charge is 0.0465 e. The van der Waals surface area contributed by atoms with Crippen LogP contribution in [0.1, 0.15) is 31.2 Å². The number of unbranched alkanes of at least 4 members (excludes halogenated alkanes) is 3. The van der Waals surface area contributed by atoms with Crippen LogP contribution in [0.15, 0.2) is 18.2 Å². The number of benzene rings is 1. The van der Waals surface area contributed by atoms with E-state index in [1.54, 1.807) is 0 Å². The van der Waals surface area contributed by atoms with Crippen molar-refractivity contribution < 1.29 is 0 Å². The number of hydrogen-bond donors (Lipinski definition) is 1. The Kier molecular flexibility index (Phi) is 8.95. The summed E-state index contributed by atoms with van der Waals surface area (Å²) in [6.45, 7) is 1.78. The maximum Gasteiger partial charge on any atom is 0.0465 e. The molecule has 0 spiro atoms. The van der Waals surface area contributed by atoms with Gasteiger partial charge >= 0.3 is 0 Å². The molecule has 1 rings (SSSR count). The van der Waals surface area contributed by atoms with Crippen LogP contribution < -0.4 is 5.32 Å². The van der Waals surface area contributed by atoms with Crippen LogP contribution in [0.4, 0.5) is 0 Å². The Hall–Kier alpha value is 0.110. The van der Waals surface area contributed by atoms with Gasteiger partial charge in [0.1, 0.15) is 0 Å². The van der Waals surface area contributed by atoms with Crippen molar-refractivity contribution >= 4 is 35.0 Å². The third-order valence-corrected chi connectivity index (χ3v) is 4.22. The maximum absolute atomic E-state index is 6.10. The van der Waals surface area contributed by atoms with Crippen LogP contribution in [0, 0.1) is 0 Å². The molecule has 0 amide bonds. The number of hydrogen-bond acceptors (Lipinski definition) is 2. The van der Waals surface area contributed by atoms with Gasteiger partial charge in [0.25, 0.3) is 0 Å². The third kappa shape index (κ3) is 6.33. The molecule has 0 saturated heterocycles. The fourth-order valence-electron chi connectivity index (χ4n) is 1.76. The second kappa shape index (κ2) is 9.96. The van der Waals surface area contributed by atoms with Crippen LogP contribution in [0.5, 0.6) is 0 Å². The normalized spacial score (nSPS) is 10.8. The molecule has 0 fully saturated rings. The molecular weight excluding hydrogens is 285 g/mol. The Labute approximate surface area is 125 Å². The Morgan fingerprint density at radius 3 is 2.39 bits per heavy atom. The highest BCUT2D eigenvalue weighted by Crippen LogP contribution is 2.23. The fourth-order valence-corrected chi connectivity index (χ4v) is 2.79. The molecule has 4 heteroatoms. The van der Waals surface area contributed by atoms with Crippen LogP contribution in [0.2, 0.25) is 10.0 Å². The van der Waals surface area contributed by atoms with Crippen molar-refractivity contribution in [3.63, 3.8) is 0 Å². The van der Waals surface area contributed by atoms with Crippen molar-refractivity contribution in [2.45, 2.75) is 32.2 Å². The molecular formula is C14H21Cl2NS. The third-order valence-electron chi connectivity index (χ3n) is 2.82. The van der Waals surface area contributed by atoms with E-state index >= 15 is 0 Å². The van der Waals surface area contributed by atoms with E-state index in [9.17, 15) is 0 Å². The van der Waals surface area contributed by atoms with Gasteiger partial charge in [-0.05, 0) is 43.5 Å². The van der Waals surface area contributed by atoms with Gasteiger partial charge in [-0.15, -0.1) is 0 Å². The first-order valence-corrected chi connectivity index (χ1v) is 8.53. The Morgan fingerprint density at radius 1 is 1.06 bits per heavy atom. The molecule has 0 unspecified atom stereocenters. The lowest BCUT2D eigenvalue weighted by Gasteiger charge is -2.08. The van der Waals surface area contributed by atoms with Crippen LogP contribution in [-0.4, -0.2) is 18.6 Å². The summed E-state index contributed by atoms with van der Waals surface area (Å²) in [6, 6.07) is 5.64. The van der Waals surface area contributed by atoms with E-state index in [0.717, 1.165) is 28.7 Å². The molecule has 0 aliphatic carbocycles. The van der Waals surface area contributed by atoms with E-state index in [1.807, 2.05) is 30.0 Å². The number of halogens is 2. The van der Waals surface area contributed by atoms with E-state index < -0.39 is 0 Å². The monoisotopic (exact) mass is 305 g/mol. The largest absolute Gasteiger partial charge is 0.313 e. The summed E-state index contributed by atoms with van der Waals surface area (Å²) in [7, 11) is 0. The molecule has 0 saturated carbocycles. The second-order valence-corrected chi connectivity index (χ2v) is 6.08. The molecule has 102 valence electrons. The van der Waals surface area contributed by atoms with Crippen LogP contribution in [0.3, 0.4) is 0 Å². The first-order valence-electron chi connectivity index (χ1n) is 6.38. The predicted octanol–water partition coefficient (Wildman–Crippen LogP) is 5.01. The fraction of sp³-hybridized carbons (Fsp3) is 0.571. The average Bonchev–Trinajstić information content (AvgIpc) is 2.35. The van der Waals surface area contributed by atoms with Crippen LogP contribution in [0.25, 0.3) is 0 Å². The van der Waals surface area contributed by atoms with Crippen molar-refractivity contribution in [3.05, 3.63) is 33.8 Å². The van der Waals surface area contributed by atoms with Gasteiger partial charge in [-0.1, -0.05) is 42.1 Å². The van der Waals surface area contributed by atoms with E-state index in [4.69, 9.17) is 23.2 Å². The lowest BCUT2D eigenvalue weighted by molar-refractivity contribution is 0.599. The van der Waals surface area contributed by atoms with E-state index in [-0.39, 0.29) is 0 Å².